The monoisotopic (exact) mass is 304 g/mol. The van der Waals surface area contributed by atoms with Gasteiger partial charge in [0.15, 0.2) is 9.84 Å². The Balaban J connectivity index is 2.17. The van der Waals surface area contributed by atoms with Crippen LogP contribution in [0.3, 0.4) is 0 Å². The quantitative estimate of drug-likeness (QED) is 0.846. The van der Waals surface area contributed by atoms with Gasteiger partial charge in [0.1, 0.15) is 5.25 Å². The Morgan fingerprint density at radius 2 is 1.62 bits per heavy atom. The molecule has 0 heterocycles. The smallest absolute Gasteiger partial charge is 0.242 e. The topological polar surface area (TPSA) is 89.3 Å². The second kappa shape index (κ2) is 5.97. The number of carbonyl (C=O) groups excluding carboxylic acids is 1. The third-order valence-corrected chi connectivity index (χ3v) is 5.16. The molecule has 110 valence electrons. The van der Waals surface area contributed by atoms with Gasteiger partial charge in [-0.25, -0.2) is 8.42 Å². The summed E-state index contributed by atoms with van der Waals surface area (Å²) in [6.07, 6.45) is 0. The van der Waals surface area contributed by atoms with Gasteiger partial charge in [0.2, 0.25) is 5.91 Å². The Morgan fingerprint density at radius 1 is 1.05 bits per heavy atom. The maximum absolute atomic E-state index is 12.3. The lowest BCUT2D eigenvalue weighted by atomic mass is 10.3. The number of hydrogen-bond donors (Lipinski definition) is 2. The summed E-state index contributed by atoms with van der Waals surface area (Å²) >= 11 is 0. The van der Waals surface area contributed by atoms with Crippen molar-refractivity contribution in [3.63, 3.8) is 0 Å². The lowest BCUT2D eigenvalue weighted by molar-refractivity contribution is -0.115. The highest BCUT2D eigenvalue weighted by molar-refractivity contribution is 7.92. The van der Waals surface area contributed by atoms with Crippen molar-refractivity contribution < 1.29 is 13.2 Å². The minimum Gasteiger partial charge on any atom is -0.399 e. The highest BCUT2D eigenvalue weighted by Crippen LogP contribution is 2.18. The minimum absolute atomic E-state index is 0.130. The lowest BCUT2D eigenvalue weighted by Gasteiger charge is -2.13. The van der Waals surface area contributed by atoms with Gasteiger partial charge in [-0.2, -0.15) is 0 Å². The van der Waals surface area contributed by atoms with Gasteiger partial charge in [0, 0.05) is 11.4 Å². The molecule has 5 nitrogen and oxygen atoms in total. The molecule has 0 radical (unpaired) electrons. The fraction of sp³-hybridized carbons (Fsp3) is 0.133. The van der Waals surface area contributed by atoms with E-state index < -0.39 is 21.0 Å². The first-order valence-corrected chi connectivity index (χ1v) is 7.91. The molecule has 1 amide bonds. The highest BCUT2D eigenvalue weighted by Gasteiger charge is 2.29. The Morgan fingerprint density at radius 3 is 2.19 bits per heavy atom. The average Bonchev–Trinajstić information content (AvgIpc) is 2.49. The molecule has 3 N–H and O–H groups in total. The first-order chi connectivity index (χ1) is 9.91. The van der Waals surface area contributed by atoms with Crippen LogP contribution in [0.25, 0.3) is 0 Å². The van der Waals surface area contributed by atoms with Crippen LogP contribution in [0.4, 0.5) is 11.4 Å². The van der Waals surface area contributed by atoms with Crippen molar-refractivity contribution in [2.24, 2.45) is 0 Å². The van der Waals surface area contributed by atoms with Gasteiger partial charge in [0.05, 0.1) is 4.90 Å². The summed E-state index contributed by atoms with van der Waals surface area (Å²) in [4.78, 5) is 12.2. The SMILES string of the molecule is CC(C(=O)Nc1ccc(N)cc1)S(=O)(=O)c1ccccc1. The normalized spacial score (nSPS) is 12.6. The Hall–Kier alpha value is -2.34. The summed E-state index contributed by atoms with van der Waals surface area (Å²) in [6, 6.07) is 14.4. The molecule has 0 aliphatic heterocycles. The van der Waals surface area contributed by atoms with E-state index in [-0.39, 0.29) is 4.90 Å². The fourth-order valence-electron chi connectivity index (χ4n) is 1.77. The van der Waals surface area contributed by atoms with Crippen molar-refractivity contribution in [2.45, 2.75) is 17.1 Å². The summed E-state index contributed by atoms with van der Waals surface area (Å²) < 4.78 is 24.7. The molecule has 0 aliphatic rings. The minimum atomic E-state index is -3.70. The number of sulfone groups is 1. The summed E-state index contributed by atoms with van der Waals surface area (Å²) in [5.41, 5.74) is 6.63. The first kappa shape index (κ1) is 15.1. The molecule has 0 fully saturated rings. The summed E-state index contributed by atoms with van der Waals surface area (Å²) in [5.74, 6) is -0.580. The van der Waals surface area contributed by atoms with E-state index >= 15 is 0 Å². The molecule has 0 aromatic heterocycles. The maximum atomic E-state index is 12.3. The molecule has 0 saturated carbocycles. The van der Waals surface area contributed by atoms with Crippen LogP contribution in [-0.4, -0.2) is 19.6 Å². The van der Waals surface area contributed by atoms with E-state index in [0.29, 0.717) is 11.4 Å². The standard InChI is InChI=1S/C15H16N2O3S/c1-11(21(19,20)14-5-3-2-4-6-14)15(18)17-13-9-7-12(16)8-10-13/h2-11H,16H2,1H3,(H,17,18). The number of benzene rings is 2. The molecular weight excluding hydrogens is 288 g/mol. The van der Waals surface area contributed by atoms with Crippen LogP contribution in [-0.2, 0) is 14.6 Å². The number of amides is 1. The number of nitrogens with one attached hydrogen (secondary N) is 1. The molecule has 0 saturated heterocycles. The molecule has 1 atom stereocenters. The molecule has 2 rings (SSSR count). The molecule has 1 unspecified atom stereocenters. The Labute approximate surface area is 123 Å². The maximum Gasteiger partial charge on any atom is 0.242 e. The number of nitrogens with two attached hydrogens (primary N) is 1. The van der Waals surface area contributed by atoms with Crippen LogP contribution in [0.15, 0.2) is 59.5 Å². The van der Waals surface area contributed by atoms with Crippen LogP contribution < -0.4 is 11.1 Å². The van der Waals surface area contributed by atoms with Crippen molar-refractivity contribution in [2.75, 3.05) is 11.1 Å². The van der Waals surface area contributed by atoms with Gasteiger partial charge in [-0.15, -0.1) is 0 Å². The lowest BCUT2D eigenvalue weighted by Crippen LogP contribution is -2.32. The number of anilines is 2. The first-order valence-electron chi connectivity index (χ1n) is 6.36. The summed E-state index contributed by atoms with van der Waals surface area (Å²) in [5, 5.41) is 1.39. The van der Waals surface area contributed by atoms with E-state index in [4.69, 9.17) is 5.73 Å². The number of rotatable bonds is 4. The van der Waals surface area contributed by atoms with Crippen molar-refractivity contribution in [1.29, 1.82) is 0 Å². The van der Waals surface area contributed by atoms with Crippen molar-refractivity contribution in [3.8, 4) is 0 Å². The van der Waals surface area contributed by atoms with Gasteiger partial charge in [-0.1, -0.05) is 18.2 Å². The third kappa shape index (κ3) is 3.41. The number of carbonyl (C=O) groups is 1. The van der Waals surface area contributed by atoms with Crippen LogP contribution in [0, 0.1) is 0 Å². The third-order valence-electron chi connectivity index (χ3n) is 3.08. The second-order valence-corrected chi connectivity index (χ2v) is 6.88. The van der Waals surface area contributed by atoms with Gasteiger partial charge in [-0.05, 0) is 43.3 Å². The van der Waals surface area contributed by atoms with Crippen LogP contribution >= 0.6 is 0 Å². The zero-order chi connectivity index (χ0) is 15.5. The zero-order valence-corrected chi connectivity index (χ0v) is 12.3. The van der Waals surface area contributed by atoms with Crippen molar-refractivity contribution in [1.82, 2.24) is 0 Å². The van der Waals surface area contributed by atoms with E-state index in [1.54, 1.807) is 42.5 Å². The predicted molar refractivity (Wildman–Crippen MR) is 82.6 cm³/mol. The Kier molecular flexibility index (Phi) is 4.28. The molecule has 0 bridgehead atoms. The van der Waals surface area contributed by atoms with Crippen molar-refractivity contribution >= 4 is 27.1 Å². The van der Waals surface area contributed by atoms with Crippen LogP contribution in [0.5, 0.6) is 0 Å². The van der Waals surface area contributed by atoms with E-state index in [0.717, 1.165) is 0 Å². The van der Waals surface area contributed by atoms with Crippen molar-refractivity contribution in [3.05, 3.63) is 54.6 Å². The summed E-state index contributed by atoms with van der Waals surface area (Å²) in [7, 11) is -3.70. The van der Waals surface area contributed by atoms with Crippen LogP contribution in [0.2, 0.25) is 0 Å². The summed E-state index contributed by atoms with van der Waals surface area (Å²) in [6.45, 7) is 1.37. The Bertz CT molecular complexity index is 725. The largest absolute Gasteiger partial charge is 0.399 e. The van der Waals surface area contributed by atoms with Gasteiger partial charge in [-0.3, -0.25) is 4.79 Å². The van der Waals surface area contributed by atoms with E-state index in [1.807, 2.05) is 0 Å². The highest BCUT2D eigenvalue weighted by atomic mass is 32.2. The van der Waals surface area contributed by atoms with Crippen LogP contribution in [0.1, 0.15) is 6.92 Å². The number of nitrogen functional groups attached to an aromatic ring is 1. The second-order valence-electron chi connectivity index (χ2n) is 4.61. The molecule has 2 aromatic rings. The fourth-order valence-corrected chi connectivity index (χ4v) is 3.05. The van der Waals surface area contributed by atoms with E-state index in [9.17, 15) is 13.2 Å². The van der Waals surface area contributed by atoms with E-state index in [1.165, 1.54) is 19.1 Å². The van der Waals surface area contributed by atoms with Gasteiger partial charge >= 0.3 is 0 Å². The molecular formula is C15H16N2O3S. The molecule has 0 spiro atoms. The molecule has 6 heteroatoms. The molecule has 2 aromatic carbocycles. The average molecular weight is 304 g/mol. The zero-order valence-electron chi connectivity index (χ0n) is 11.5. The van der Waals surface area contributed by atoms with Gasteiger partial charge in [0.25, 0.3) is 0 Å². The molecule has 0 aliphatic carbocycles. The van der Waals surface area contributed by atoms with E-state index in [2.05, 4.69) is 5.32 Å². The van der Waals surface area contributed by atoms with Gasteiger partial charge < -0.3 is 11.1 Å². The molecule has 21 heavy (non-hydrogen) atoms. The predicted octanol–water partition coefficient (Wildman–Crippen LogP) is 2.07. The number of hydrogen-bond acceptors (Lipinski definition) is 4.